The number of phenols is 1. The summed E-state index contributed by atoms with van der Waals surface area (Å²) in [5.74, 6) is 0.549. The lowest BCUT2D eigenvalue weighted by molar-refractivity contribution is 0.215. The van der Waals surface area contributed by atoms with Crippen LogP contribution in [0.1, 0.15) is 0 Å². The summed E-state index contributed by atoms with van der Waals surface area (Å²) in [5.41, 5.74) is 0.478. The van der Waals surface area contributed by atoms with E-state index >= 15 is 0 Å². The van der Waals surface area contributed by atoms with Gasteiger partial charge in [-0.1, -0.05) is 24.3 Å². The van der Waals surface area contributed by atoms with Gasteiger partial charge in [0, 0.05) is 11.8 Å². The Kier molecular flexibility index (Phi) is 3.25. The zero-order valence-corrected chi connectivity index (χ0v) is 8.96. The number of para-hydroxylation sites is 1. The predicted molar refractivity (Wildman–Crippen MR) is 64.2 cm³/mol. The molecule has 4 nitrogen and oxygen atoms in total. The fourth-order valence-electron chi connectivity index (χ4n) is 1.32. The Morgan fingerprint density at radius 1 is 1.06 bits per heavy atom. The van der Waals surface area contributed by atoms with Crippen molar-refractivity contribution in [2.45, 2.75) is 0 Å². The van der Waals surface area contributed by atoms with Gasteiger partial charge < -0.3 is 9.84 Å². The van der Waals surface area contributed by atoms with Gasteiger partial charge in [0.15, 0.2) is 0 Å². The second-order valence-electron chi connectivity index (χ2n) is 3.38. The van der Waals surface area contributed by atoms with Crippen LogP contribution in [0.3, 0.4) is 0 Å². The molecule has 2 rings (SSSR count). The summed E-state index contributed by atoms with van der Waals surface area (Å²) in [6, 6.07) is 15.0. The molecule has 0 unspecified atom stereocenters. The van der Waals surface area contributed by atoms with Crippen LogP contribution in [0.4, 0.5) is 10.5 Å². The van der Waals surface area contributed by atoms with Crippen molar-refractivity contribution in [2.24, 2.45) is 0 Å². The summed E-state index contributed by atoms with van der Waals surface area (Å²) in [7, 11) is 0. The Morgan fingerprint density at radius 3 is 2.53 bits per heavy atom. The second-order valence-corrected chi connectivity index (χ2v) is 3.38. The van der Waals surface area contributed by atoms with Crippen LogP contribution >= 0.6 is 0 Å². The Hall–Kier alpha value is -2.49. The maximum absolute atomic E-state index is 11.5. The summed E-state index contributed by atoms with van der Waals surface area (Å²) in [6.07, 6.45) is -0.596. The van der Waals surface area contributed by atoms with E-state index in [4.69, 9.17) is 4.74 Å². The number of nitrogens with one attached hydrogen (secondary N) is 1. The van der Waals surface area contributed by atoms with Gasteiger partial charge in [-0.15, -0.1) is 0 Å². The largest absolute Gasteiger partial charge is 0.508 e. The van der Waals surface area contributed by atoms with E-state index in [1.165, 1.54) is 12.1 Å². The number of aromatic hydroxyl groups is 1. The molecule has 2 N–H and O–H groups in total. The molecular weight excluding hydrogens is 218 g/mol. The number of hydrogen-bond acceptors (Lipinski definition) is 3. The van der Waals surface area contributed by atoms with Crippen LogP contribution in [0, 0.1) is 0 Å². The van der Waals surface area contributed by atoms with Gasteiger partial charge in [-0.3, -0.25) is 5.32 Å². The SMILES string of the molecule is O=C(Nc1cccc(O)c1)Oc1ccccc1. The Morgan fingerprint density at radius 2 is 1.82 bits per heavy atom. The van der Waals surface area contributed by atoms with Crippen LogP contribution in [0.25, 0.3) is 0 Å². The number of carbonyl (C=O) groups is 1. The fourth-order valence-corrected chi connectivity index (χ4v) is 1.32. The Balaban J connectivity index is 1.98. The number of carbonyl (C=O) groups excluding carboxylic acids is 1. The molecule has 0 spiro atoms. The van der Waals surface area contributed by atoms with E-state index in [2.05, 4.69) is 5.32 Å². The molecule has 0 aliphatic heterocycles. The number of benzene rings is 2. The molecule has 0 radical (unpaired) electrons. The van der Waals surface area contributed by atoms with Crippen molar-refractivity contribution in [3.8, 4) is 11.5 Å². The van der Waals surface area contributed by atoms with Crippen molar-refractivity contribution in [1.29, 1.82) is 0 Å². The van der Waals surface area contributed by atoms with E-state index in [-0.39, 0.29) is 5.75 Å². The van der Waals surface area contributed by atoms with E-state index in [1.54, 1.807) is 36.4 Å². The molecule has 0 heterocycles. The lowest BCUT2D eigenvalue weighted by atomic mass is 10.3. The highest BCUT2D eigenvalue weighted by molar-refractivity contribution is 5.86. The van der Waals surface area contributed by atoms with Crippen molar-refractivity contribution < 1.29 is 14.6 Å². The molecule has 0 aliphatic carbocycles. The standard InChI is InChI=1S/C13H11NO3/c15-11-6-4-5-10(9-11)14-13(16)17-12-7-2-1-3-8-12/h1-9,15H,(H,14,16). The molecule has 0 aromatic heterocycles. The van der Waals surface area contributed by atoms with E-state index in [0.29, 0.717) is 11.4 Å². The van der Waals surface area contributed by atoms with Crippen LogP contribution in [0.5, 0.6) is 11.5 Å². The summed E-state index contributed by atoms with van der Waals surface area (Å²) < 4.78 is 5.03. The number of anilines is 1. The van der Waals surface area contributed by atoms with Gasteiger partial charge in [-0.25, -0.2) is 4.79 Å². The maximum atomic E-state index is 11.5. The van der Waals surface area contributed by atoms with Gasteiger partial charge in [0.25, 0.3) is 0 Å². The molecule has 4 heteroatoms. The lowest BCUT2D eigenvalue weighted by Crippen LogP contribution is -2.16. The first-order valence-electron chi connectivity index (χ1n) is 5.07. The van der Waals surface area contributed by atoms with Gasteiger partial charge in [0.05, 0.1) is 0 Å². The van der Waals surface area contributed by atoms with Crippen LogP contribution < -0.4 is 10.1 Å². The zero-order chi connectivity index (χ0) is 12.1. The quantitative estimate of drug-likeness (QED) is 0.832. The molecule has 2 aromatic carbocycles. The first kappa shape index (κ1) is 11.0. The molecule has 0 atom stereocenters. The minimum atomic E-state index is -0.596. The minimum Gasteiger partial charge on any atom is -0.508 e. The molecule has 0 saturated heterocycles. The summed E-state index contributed by atoms with van der Waals surface area (Å²) in [6.45, 7) is 0. The third-order valence-electron chi connectivity index (χ3n) is 2.05. The van der Waals surface area contributed by atoms with Gasteiger partial charge in [-0.2, -0.15) is 0 Å². The van der Waals surface area contributed by atoms with Crippen LogP contribution in [-0.2, 0) is 0 Å². The highest BCUT2D eigenvalue weighted by Crippen LogP contribution is 2.16. The average Bonchev–Trinajstić information content (AvgIpc) is 2.30. The summed E-state index contributed by atoms with van der Waals surface area (Å²) in [5, 5.41) is 11.7. The average molecular weight is 229 g/mol. The molecule has 0 saturated carbocycles. The van der Waals surface area contributed by atoms with E-state index < -0.39 is 6.09 Å². The topological polar surface area (TPSA) is 58.6 Å². The van der Waals surface area contributed by atoms with Crippen LogP contribution in [0.2, 0.25) is 0 Å². The van der Waals surface area contributed by atoms with Gasteiger partial charge >= 0.3 is 6.09 Å². The number of hydrogen-bond donors (Lipinski definition) is 2. The Labute approximate surface area is 98.5 Å². The lowest BCUT2D eigenvalue weighted by Gasteiger charge is -2.06. The van der Waals surface area contributed by atoms with Crippen LogP contribution in [-0.4, -0.2) is 11.2 Å². The summed E-state index contributed by atoms with van der Waals surface area (Å²) >= 11 is 0. The molecule has 2 aromatic rings. The third kappa shape index (κ3) is 3.24. The van der Waals surface area contributed by atoms with Crippen molar-refractivity contribution >= 4 is 11.8 Å². The fraction of sp³-hybridized carbons (Fsp3) is 0. The van der Waals surface area contributed by atoms with Crippen LogP contribution in [0.15, 0.2) is 54.6 Å². The van der Waals surface area contributed by atoms with Crippen molar-refractivity contribution in [3.05, 3.63) is 54.6 Å². The molecule has 0 aliphatic rings. The number of rotatable bonds is 2. The van der Waals surface area contributed by atoms with Gasteiger partial charge in [0.2, 0.25) is 0 Å². The number of ether oxygens (including phenoxy) is 1. The van der Waals surface area contributed by atoms with Gasteiger partial charge in [0.1, 0.15) is 11.5 Å². The first-order valence-corrected chi connectivity index (χ1v) is 5.07. The molecular formula is C13H11NO3. The molecule has 1 amide bonds. The monoisotopic (exact) mass is 229 g/mol. The predicted octanol–water partition coefficient (Wildman–Crippen LogP) is 3.00. The molecule has 0 bridgehead atoms. The first-order chi connectivity index (χ1) is 8.24. The van der Waals surface area contributed by atoms with E-state index in [9.17, 15) is 9.90 Å². The van der Waals surface area contributed by atoms with Crippen molar-refractivity contribution in [3.63, 3.8) is 0 Å². The van der Waals surface area contributed by atoms with E-state index in [1.807, 2.05) is 6.07 Å². The number of phenolic OH excluding ortho intramolecular Hbond substituents is 1. The smallest absolute Gasteiger partial charge is 0.417 e. The normalized spacial score (nSPS) is 9.65. The minimum absolute atomic E-state index is 0.0857. The highest BCUT2D eigenvalue weighted by Gasteiger charge is 2.04. The third-order valence-corrected chi connectivity index (χ3v) is 2.05. The van der Waals surface area contributed by atoms with E-state index in [0.717, 1.165) is 0 Å². The highest BCUT2D eigenvalue weighted by atomic mass is 16.6. The second kappa shape index (κ2) is 5.03. The molecule has 86 valence electrons. The molecule has 0 fully saturated rings. The zero-order valence-electron chi connectivity index (χ0n) is 8.96. The van der Waals surface area contributed by atoms with Gasteiger partial charge in [-0.05, 0) is 24.3 Å². The van der Waals surface area contributed by atoms with Crippen molar-refractivity contribution in [2.75, 3.05) is 5.32 Å². The number of amides is 1. The Bertz CT molecular complexity index is 511. The maximum Gasteiger partial charge on any atom is 0.417 e. The molecule has 17 heavy (non-hydrogen) atoms. The van der Waals surface area contributed by atoms with Crippen molar-refractivity contribution in [1.82, 2.24) is 0 Å². The summed E-state index contributed by atoms with van der Waals surface area (Å²) in [4.78, 5) is 11.5.